The Morgan fingerprint density at radius 1 is 1.10 bits per heavy atom. The van der Waals surface area contributed by atoms with E-state index in [1.54, 1.807) is 4.90 Å². The predicted molar refractivity (Wildman–Crippen MR) is 115 cm³/mol. The average Bonchev–Trinajstić information content (AvgIpc) is 2.73. The minimum Gasteiger partial charge on any atom is -0.351 e. The van der Waals surface area contributed by atoms with E-state index in [2.05, 4.69) is 5.32 Å². The summed E-state index contributed by atoms with van der Waals surface area (Å²) in [4.78, 5) is 28.6. The van der Waals surface area contributed by atoms with Crippen molar-refractivity contribution in [2.75, 3.05) is 0 Å². The number of halogens is 1. The molecule has 29 heavy (non-hydrogen) atoms. The van der Waals surface area contributed by atoms with E-state index < -0.39 is 5.54 Å². The summed E-state index contributed by atoms with van der Waals surface area (Å²) in [5.41, 5.74) is 1.48. The van der Waals surface area contributed by atoms with Crippen molar-refractivity contribution >= 4 is 23.4 Å². The zero-order valence-corrected chi connectivity index (χ0v) is 17.5. The highest BCUT2D eigenvalue weighted by molar-refractivity contribution is 6.31. The van der Waals surface area contributed by atoms with Gasteiger partial charge in [-0.05, 0) is 43.0 Å². The van der Waals surface area contributed by atoms with Crippen LogP contribution in [0.1, 0.15) is 60.5 Å². The van der Waals surface area contributed by atoms with Crippen LogP contribution in [0.25, 0.3) is 0 Å². The predicted octanol–water partition coefficient (Wildman–Crippen LogP) is 4.75. The van der Waals surface area contributed by atoms with Gasteiger partial charge in [0.2, 0.25) is 5.91 Å². The van der Waals surface area contributed by atoms with Crippen LogP contribution in [0.3, 0.4) is 0 Å². The van der Waals surface area contributed by atoms with Crippen molar-refractivity contribution < 1.29 is 9.59 Å². The zero-order chi connectivity index (χ0) is 20.4. The van der Waals surface area contributed by atoms with E-state index >= 15 is 0 Å². The van der Waals surface area contributed by atoms with Crippen LogP contribution >= 0.6 is 11.6 Å². The van der Waals surface area contributed by atoms with Crippen molar-refractivity contribution in [1.82, 2.24) is 10.2 Å². The van der Waals surface area contributed by atoms with Crippen LogP contribution in [0.5, 0.6) is 0 Å². The lowest BCUT2D eigenvalue weighted by atomic mass is 9.82. The van der Waals surface area contributed by atoms with Crippen LogP contribution < -0.4 is 5.32 Å². The fourth-order valence-corrected chi connectivity index (χ4v) is 4.75. The summed E-state index contributed by atoms with van der Waals surface area (Å²) in [5, 5.41) is 3.85. The van der Waals surface area contributed by atoms with Gasteiger partial charge in [-0.25, -0.2) is 0 Å². The molecular formula is C24H27ClN2O2. The smallest absolute Gasteiger partial charge is 0.255 e. The Morgan fingerprint density at radius 3 is 2.55 bits per heavy atom. The highest BCUT2D eigenvalue weighted by Crippen LogP contribution is 2.34. The van der Waals surface area contributed by atoms with Gasteiger partial charge in [-0.3, -0.25) is 9.59 Å². The van der Waals surface area contributed by atoms with Crippen LogP contribution in [0.4, 0.5) is 0 Å². The molecule has 152 valence electrons. The van der Waals surface area contributed by atoms with Gasteiger partial charge in [0.15, 0.2) is 0 Å². The molecular weight excluding hydrogens is 384 g/mol. The number of carbonyl (C=O) groups is 2. The first-order valence-electron chi connectivity index (χ1n) is 10.4. The molecule has 2 aromatic carbocycles. The second-order valence-electron chi connectivity index (χ2n) is 8.40. The van der Waals surface area contributed by atoms with Crippen molar-refractivity contribution in [2.45, 2.75) is 63.6 Å². The Hall–Kier alpha value is -2.33. The second kappa shape index (κ2) is 8.19. The van der Waals surface area contributed by atoms with E-state index in [1.807, 2.05) is 55.5 Å². The molecule has 2 amide bonds. The molecule has 1 atom stereocenters. The van der Waals surface area contributed by atoms with E-state index in [4.69, 9.17) is 11.6 Å². The monoisotopic (exact) mass is 410 g/mol. The highest BCUT2D eigenvalue weighted by atomic mass is 35.5. The minimum atomic E-state index is -0.956. The number of carbonyl (C=O) groups excluding carboxylic acids is 2. The van der Waals surface area contributed by atoms with Crippen molar-refractivity contribution in [3.05, 3.63) is 70.2 Å². The molecule has 0 spiro atoms. The average molecular weight is 411 g/mol. The molecule has 1 heterocycles. The maximum absolute atomic E-state index is 13.5. The molecule has 0 bridgehead atoms. The summed E-state index contributed by atoms with van der Waals surface area (Å²) in [5.74, 6) is -0.188. The molecule has 1 aliphatic carbocycles. The molecule has 2 aromatic rings. The third kappa shape index (κ3) is 3.91. The van der Waals surface area contributed by atoms with Crippen LogP contribution in [0.2, 0.25) is 5.02 Å². The summed E-state index contributed by atoms with van der Waals surface area (Å²) in [6.07, 6.45) is 6.04. The molecule has 4 rings (SSSR count). The van der Waals surface area contributed by atoms with Gasteiger partial charge in [0.05, 0.1) is 0 Å². The molecule has 1 unspecified atom stereocenters. The summed E-state index contributed by atoms with van der Waals surface area (Å²) in [6.45, 7) is 2.19. The number of nitrogens with zero attached hydrogens (tertiary/aromatic N) is 1. The standard InChI is InChI=1S/C24H27ClN2O2/c1-24(23(29)26-19-11-3-2-4-12-19)15-17-9-5-7-13-20(17)22(28)27(24)16-18-10-6-8-14-21(18)25/h5-10,13-14,19H,2-4,11-12,15-16H2,1H3,(H,26,29). The van der Waals surface area contributed by atoms with E-state index in [-0.39, 0.29) is 17.9 Å². The zero-order valence-electron chi connectivity index (χ0n) is 16.8. The van der Waals surface area contributed by atoms with E-state index in [1.165, 1.54) is 6.42 Å². The number of rotatable bonds is 4. The van der Waals surface area contributed by atoms with Gasteiger partial charge >= 0.3 is 0 Å². The Labute approximate surface area is 177 Å². The van der Waals surface area contributed by atoms with E-state index in [0.717, 1.165) is 36.8 Å². The van der Waals surface area contributed by atoms with Crippen molar-refractivity contribution in [3.63, 3.8) is 0 Å². The van der Waals surface area contributed by atoms with Gasteiger partial charge in [-0.1, -0.05) is 67.3 Å². The van der Waals surface area contributed by atoms with Crippen LogP contribution in [0.15, 0.2) is 48.5 Å². The highest BCUT2D eigenvalue weighted by Gasteiger charge is 2.47. The van der Waals surface area contributed by atoms with Gasteiger partial charge in [0, 0.05) is 29.6 Å². The molecule has 0 aromatic heterocycles. The number of hydrogen-bond acceptors (Lipinski definition) is 2. The molecule has 2 aliphatic rings. The molecule has 5 heteroatoms. The Morgan fingerprint density at radius 2 is 1.79 bits per heavy atom. The van der Waals surface area contributed by atoms with Crippen molar-refractivity contribution in [3.8, 4) is 0 Å². The second-order valence-corrected chi connectivity index (χ2v) is 8.81. The summed E-state index contributed by atoms with van der Waals surface area (Å²) < 4.78 is 0. The third-order valence-electron chi connectivity index (χ3n) is 6.34. The number of fused-ring (bicyclic) bond motifs is 1. The van der Waals surface area contributed by atoms with Crippen LogP contribution in [0, 0.1) is 0 Å². The first-order valence-corrected chi connectivity index (χ1v) is 10.8. The fourth-order valence-electron chi connectivity index (χ4n) is 4.55. The third-order valence-corrected chi connectivity index (χ3v) is 6.71. The molecule has 1 saturated carbocycles. The summed E-state index contributed by atoms with van der Waals surface area (Å²) in [7, 11) is 0. The lowest BCUT2D eigenvalue weighted by Crippen LogP contribution is -2.63. The molecule has 1 N–H and O–H groups in total. The van der Waals surface area contributed by atoms with E-state index in [0.29, 0.717) is 23.6 Å². The lowest BCUT2D eigenvalue weighted by Gasteiger charge is -2.45. The topological polar surface area (TPSA) is 49.4 Å². The maximum Gasteiger partial charge on any atom is 0.255 e. The summed E-state index contributed by atoms with van der Waals surface area (Å²) in [6, 6.07) is 15.3. The normalized spacial score (nSPS) is 22.3. The molecule has 1 fully saturated rings. The number of hydrogen-bond donors (Lipinski definition) is 1. The number of benzene rings is 2. The first kappa shape index (κ1) is 20.0. The molecule has 0 saturated heterocycles. The molecule has 4 nitrogen and oxygen atoms in total. The van der Waals surface area contributed by atoms with Gasteiger partial charge in [0.25, 0.3) is 5.91 Å². The number of amides is 2. The maximum atomic E-state index is 13.5. The Kier molecular flexibility index (Phi) is 5.64. The molecule has 1 aliphatic heterocycles. The van der Waals surface area contributed by atoms with Gasteiger partial charge in [0.1, 0.15) is 5.54 Å². The van der Waals surface area contributed by atoms with Crippen molar-refractivity contribution in [1.29, 1.82) is 0 Å². The fraction of sp³-hybridized carbons (Fsp3) is 0.417. The quantitative estimate of drug-likeness (QED) is 0.790. The SMILES string of the molecule is CC1(C(=O)NC2CCCCC2)Cc2ccccc2C(=O)N1Cc1ccccc1Cl. The van der Waals surface area contributed by atoms with Crippen LogP contribution in [-0.4, -0.2) is 28.3 Å². The number of nitrogens with one attached hydrogen (secondary N) is 1. The van der Waals surface area contributed by atoms with Gasteiger partial charge < -0.3 is 10.2 Å². The lowest BCUT2D eigenvalue weighted by molar-refractivity contribution is -0.133. The minimum absolute atomic E-state index is 0.0701. The van der Waals surface area contributed by atoms with Gasteiger partial charge in [-0.15, -0.1) is 0 Å². The van der Waals surface area contributed by atoms with Gasteiger partial charge in [-0.2, -0.15) is 0 Å². The largest absolute Gasteiger partial charge is 0.351 e. The first-order chi connectivity index (χ1) is 14.0. The van der Waals surface area contributed by atoms with Crippen LogP contribution in [-0.2, 0) is 17.8 Å². The summed E-state index contributed by atoms with van der Waals surface area (Å²) >= 11 is 6.38. The molecule has 0 radical (unpaired) electrons. The Bertz CT molecular complexity index is 923. The Balaban J connectivity index is 1.68. The van der Waals surface area contributed by atoms with E-state index in [9.17, 15) is 9.59 Å². The van der Waals surface area contributed by atoms with Crippen molar-refractivity contribution in [2.24, 2.45) is 0 Å².